The minimum Gasteiger partial charge on any atom is -0.378 e. The summed E-state index contributed by atoms with van der Waals surface area (Å²) in [5, 5.41) is 0. The van der Waals surface area contributed by atoms with Crippen molar-refractivity contribution in [2.75, 3.05) is 18.6 Å². The smallest absolute Gasteiger partial charge is 0.225 e. The predicted octanol–water partition coefficient (Wildman–Crippen LogP) is 3.41. The first-order valence-electron chi connectivity index (χ1n) is 7.49. The number of hydrogen-bond acceptors (Lipinski definition) is 4. The molecule has 1 spiro atoms. The minimum absolute atomic E-state index is 0.335. The molecule has 2 aliphatic rings. The van der Waals surface area contributed by atoms with E-state index >= 15 is 0 Å². The molecule has 2 unspecified atom stereocenters. The minimum atomic E-state index is 0.335. The van der Waals surface area contributed by atoms with Crippen molar-refractivity contribution in [3.8, 4) is 0 Å². The van der Waals surface area contributed by atoms with Crippen LogP contribution in [-0.4, -0.2) is 35.8 Å². The van der Waals surface area contributed by atoms with Gasteiger partial charge in [-0.1, -0.05) is 12.8 Å². The van der Waals surface area contributed by atoms with E-state index in [1.165, 1.54) is 25.7 Å². The lowest BCUT2D eigenvalue weighted by molar-refractivity contribution is -0.121. The van der Waals surface area contributed by atoms with Crippen LogP contribution in [0.5, 0.6) is 0 Å². The summed E-state index contributed by atoms with van der Waals surface area (Å²) in [6.45, 7) is 2.91. The van der Waals surface area contributed by atoms with Gasteiger partial charge in [0.1, 0.15) is 0 Å². The van der Waals surface area contributed by atoms with Gasteiger partial charge < -0.3 is 9.64 Å². The highest BCUT2D eigenvalue weighted by Crippen LogP contribution is 2.56. The molecule has 3 rings (SSSR count). The quantitative estimate of drug-likeness (QED) is 0.842. The third kappa shape index (κ3) is 2.25. The Morgan fingerprint density at radius 3 is 2.60 bits per heavy atom. The lowest BCUT2D eigenvalue weighted by atomic mass is 9.60. The Morgan fingerprint density at radius 1 is 1.35 bits per heavy atom. The normalized spacial score (nSPS) is 27.6. The molecule has 0 amide bonds. The zero-order valence-electron chi connectivity index (χ0n) is 12.2. The molecule has 2 fully saturated rings. The van der Waals surface area contributed by atoms with Gasteiger partial charge in [0.25, 0.3) is 0 Å². The molecule has 2 atom stereocenters. The van der Waals surface area contributed by atoms with Crippen LogP contribution in [-0.2, 0) is 4.74 Å². The second kappa shape index (κ2) is 5.60. The van der Waals surface area contributed by atoms with Gasteiger partial charge in [-0.05, 0) is 42.1 Å². The van der Waals surface area contributed by atoms with Crippen molar-refractivity contribution in [1.82, 2.24) is 9.97 Å². The fourth-order valence-electron chi connectivity index (χ4n) is 4.02. The fourth-order valence-corrected chi connectivity index (χ4v) is 4.23. The van der Waals surface area contributed by atoms with Gasteiger partial charge in [0.05, 0.1) is 10.6 Å². The Hall–Kier alpha value is -0.680. The number of anilines is 1. The second-order valence-electron chi connectivity index (χ2n) is 5.95. The summed E-state index contributed by atoms with van der Waals surface area (Å²) in [5.41, 5.74) is 0.335. The van der Waals surface area contributed by atoms with Crippen LogP contribution in [0, 0.1) is 5.41 Å². The van der Waals surface area contributed by atoms with E-state index in [2.05, 4.69) is 44.8 Å². The molecule has 0 saturated heterocycles. The van der Waals surface area contributed by atoms with Crippen molar-refractivity contribution >= 4 is 21.9 Å². The van der Waals surface area contributed by atoms with E-state index in [0.717, 1.165) is 23.4 Å². The molecule has 2 saturated carbocycles. The van der Waals surface area contributed by atoms with Crippen LogP contribution >= 0.6 is 15.9 Å². The first-order valence-corrected chi connectivity index (χ1v) is 8.28. The highest BCUT2D eigenvalue weighted by molar-refractivity contribution is 9.10. The molecule has 1 heterocycles. The van der Waals surface area contributed by atoms with Gasteiger partial charge in [-0.25, -0.2) is 9.97 Å². The van der Waals surface area contributed by atoms with Gasteiger partial charge in [-0.15, -0.1) is 0 Å². The Morgan fingerprint density at radius 2 is 2.00 bits per heavy atom. The second-order valence-corrected chi connectivity index (χ2v) is 6.86. The maximum atomic E-state index is 5.98. The van der Waals surface area contributed by atoms with Crippen LogP contribution in [0.2, 0.25) is 0 Å². The molecule has 2 aliphatic carbocycles. The van der Waals surface area contributed by atoms with Gasteiger partial charge >= 0.3 is 0 Å². The summed E-state index contributed by atoms with van der Waals surface area (Å²) >= 11 is 3.39. The Labute approximate surface area is 129 Å². The SMILES string of the molecule is CCOC1CC(N(C)c2ncc(Br)cn2)C12CCCC2. The molecular weight excluding hydrogens is 318 g/mol. The number of rotatable bonds is 4. The van der Waals surface area contributed by atoms with E-state index in [4.69, 9.17) is 4.74 Å². The van der Waals surface area contributed by atoms with E-state index in [-0.39, 0.29) is 0 Å². The third-order valence-electron chi connectivity index (χ3n) is 5.03. The van der Waals surface area contributed by atoms with E-state index in [0.29, 0.717) is 17.6 Å². The highest BCUT2D eigenvalue weighted by atomic mass is 79.9. The van der Waals surface area contributed by atoms with Crippen molar-refractivity contribution in [1.29, 1.82) is 0 Å². The molecule has 0 N–H and O–H groups in total. The topological polar surface area (TPSA) is 38.2 Å². The number of ether oxygens (including phenoxy) is 1. The maximum absolute atomic E-state index is 5.98. The van der Waals surface area contributed by atoms with Crippen LogP contribution < -0.4 is 4.90 Å². The molecule has 5 heteroatoms. The van der Waals surface area contributed by atoms with Gasteiger partial charge in [0.2, 0.25) is 5.95 Å². The largest absolute Gasteiger partial charge is 0.378 e. The molecule has 1 aromatic heterocycles. The Balaban J connectivity index is 1.78. The molecule has 1 aromatic rings. The maximum Gasteiger partial charge on any atom is 0.225 e. The van der Waals surface area contributed by atoms with Crippen molar-refractivity contribution in [3.63, 3.8) is 0 Å². The zero-order chi connectivity index (χ0) is 14.2. The molecular formula is C15H22BrN3O. The molecule has 110 valence electrons. The number of halogens is 1. The van der Waals surface area contributed by atoms with Crippen molar-refractivity contribution in [3.05, 3.63) is 16.9 Å². The Bertz CT molecular complexity index is 459. The lowest BCUT2D eigenvalue weighted by Crippen LogP contribution is -2.63. The zero-order valence-corrected chi connectivity index (χ0v) is 13.8. The molecule has 20 heavy (non-hydrogen) atoms. The average molecular weight is 340 g/mol. The molecule has 4 nitrogen and oxygen atoms in total. The standard InChI is InChI=1S/C15H22BrN3O/c1-3-20-13-8-12(15(13)6-4-5-7-15)19(2)14-17-9-11(16)10-18-14/h9-10,12-13H,3-8H2,1-2H3. The van der Waals surface area contributed by atoms with Crippen LogP contribution in [0.15, 0.2) is 16.9 Å². The lowest BCUT2D eigenvalue weighted by Gasteiger charge is -2.56. The van der Waals surface area contributed by atoms with E-state index in [1.54, 1.807) is 0 Å². The van der Waals surface area contributed by atoms with Crippen LogP contribution in [0.25, 0.3) is 0 Å². The van der Waals surface area contributed by atoms with E-state index < -0.39 is 0 Å². The molecule has 0 bridgehead atoms. The number of hydrogen-bond donors (Lipinski definition) is 0. The number of aromatic nitrogens is 2. The molecule has 0 aliphatic heterocycles. The van der Waals surface area contributed by atoms with Gasteiger partial charge in [-0.2, -0.15) is 0 Å². The first kappa shape index (κ1) is 14.3. The highest BCUT2D eigenvalue weighted by Gasteiger charge is 2.58. The predicted molar refractivity (Wildman–Crippen MR) is 82.9 cm³/mol. The summed E-state index contributed by atoms with van der Waals surface area (Å²) in [7, 11) is 2.12. The van der Waals surface area contributed by atoms with Crippen LogP contribution in [0.3, 0.4) is 0 Å². The van der Waals surface area contributed by atoms with E-state index in [9.17, 15) is 0 Å². The summed E-state index contributed by atoms with van der Waals surface area (Å²) in [4.78, 5) is 11.1. The van der Waals surface area contributed by atoms with Crippen molar-refractivity contribution < 1.29 is 4.74 Å². The third-order valence-corrected chi connectivity index (χ3v) is 5.44. The Kier molecular flexibility index (Phi) is 4.00. The average Bonchev–Trinajstić information content (AvgIpc) is 2.95. The van der Waals surface area contributed by atoms with Crippen molar-refractivity contribution in [2.24, 2.45) is 5.41 Å². The van der Waals surface area contributed by atoms with Gasteiger partial charge in [-0.3, -0.25) is 0 Å². The van der Waals surface area contributed by atoms with E-state index in [1.807, 2.05) is 12.4 Å². The van der Waals surface area contributed by atoms with Gasteiger partial charge in [0.15, 0.2) is 0 Å². The summed E-state index contributed by atoms with van der Waals surface area (Å²) < 4.78 is 6.90. The van der Waals surface area contributed by atoms with Crippen molar-refractivity contribution in [2.45, 2.75) is 51.2 Å². The summed E-state index contributed by atoms with van der Waals surface area (Å²) in [6, 6.07) is 0.516. The molecule has 0 radical (unpaired) electrons. The van der Waals surface area contributed by atoms with Crippen LogP contribution in [0.1, 0.15) is 39.0 Å². The summed E-state index contributed by atoms with van der Waals surface area (Å²) in [5.74, 6) is 0.819. The fraction of sp³-hybridized carbons (Fsp3) is 0.733. The van der Waals surface area contributed by atoms with Gasteiger partial charge in [0, 0.05) is 37.5 Å². The van der Waals surface area contributed by atoms with Crippen LogP contribution in [0.4, 0.5) is 5.95 Å². The number of nitrogens with zero attached hydrogens (tertiary/aromatic N) is 3. The monoisotopic (exact) mass is 339 g/mol. The molecule has 0 aromatic carbocycles. The summed E-state index contributed by atoms with van der Waals surface area (Å²) in [6.07, 6.45) is 10.4. The first-order chi connectivity index (χ1) is 9.67.